The number of amides is 2. The van der Waals surface area contributed by atoms with E-state index in [1.54, 1.807) is 0 Å². The summed E-state index contributed by atoms with van der Waals surface area (Å²) < 4.78 is 0. The maximum Gasteiger partial charge on any atom is 0.225 e. The van der Waals surface area contributed by atoms with Crippen molar-refractivity contribution in [3.05, 3.63) is 0 Å². The molecule has 1 unspecified atom stereocenters. The first-order chi connectivity index (χ1) is 11.0. The van der Waals surface area contributed by atoms with Crippen LogP contribution in [-0.4, -0.2) is 59.0 Å². The molecule has 1 aliphatic heterocycles. The standard InChI is InChI=1S/C18H30N2O3/c1-19(18(23)14-6-8-16(21)9-7-14)11-13-10-17(22)20(12-13)15-4-2-3-5-15/h13-16,21H,2-12H2,1H3. The van der Waals surface area contributed by atoms with Crippen molar-refractivity contribution < 1.29 is 14.7 Å². The minimum atomic E-state index is -0.225. The van der Waals surface area contributed by atoms with Crippen LogP contribution in [0, 0.1) is 11.8 Å². The molecule has 1 saturated heterocycles. The normalized spacial score (nSPS) is 32.5. The van der Waals surface area contributed by atoms with Gasteiger partial charge in [-0.25, -0.2) is 0 Å². The number of hydrogen-bond acceptors (Lipinski definition) is 3. The summed E-state index contributed by atoms with van der Waals surface area (Å²) in [6.07, 6.45) is 8.22. The van der Waals surface area contributed by atoms with Crippen molar-refractivity contribution in [3.8, 4) is 0 Å². The summed E-state index contributed by atoms with van der Waals surface area (Å²) in [4.78, 5) is 28.7. The molecule has 0 spiro atoms. The van der Waals surface area contributed by atoms with Gasteiger partial charge in [-0.05, 0) is 38.5 Å². The van der Waals surface area contributed by atoms with Crippen LogP contribution in [0.3, 0.4) is 0 Å². The lowest BCUT2D eigenvalue weighted by atomic mass is 9.86. The fraction of sp³-hybridized carbons (Fsp3) is 0.889. The second-order valence-corrected chi connectivity index (χ2v) is 7.78. The lowest BCUT2D eigenvalue weighted by Crippen LogP contribution is -2.39. The van der Waals surface area contributed by atoms with Gasteiger partial charge in [0, 0.05) is 44.4 Å². The number of carbonyl (C=O) groups is 2. The van der Waals surface area contributed by atoms with Crippen LogP contribution in [0.4, 0.5) is 0 Å². The summed E-state index contributed by atoms with van der Waals surface area (Å²) >= 11 is 0. The highest BCUT2D eigenvalue weighted by Gasteiger charge is 2.37. The Kier molecular flexibility index (Phi) is 5.24. The SMILES string of the molecule is CN(CC1CC(=O)N(C2CCCC2)C1)C(=O)C1CCC(O)CC1. The molecule has 0 aromatic rings. The first-order valence-electron chi connectivity index (χ1n) is 9.27. The molecule has 0 aromatic heterocycles. The van der Waals surface area contributed by atoms with Gasteiger partial charge in [0.2, 0.25) is 11.8 Å². The molecular formula is C18H30N2O3. The second kappa shape index (κ2) is 7.20. The Morgan fingerprint density at radius 2 is 1.83 bits per heavy atom. The highest BCUT2D eigenvalue weighted by atomic mass is 16.3. The summed E-state index contributed by atoms with van der Waals surface area (Å²) in [5, 5.41) is 9.57. The molecule has 0 aromatic carbocycles. The zero-order valence-electron chi connectivity index (χ0n) is 14.2. The number of rotatable bonds is 4. The van der Waals surface area contributed by atoms with E-state index in [4.69, 9.17) is 0 Å². The van der Waals surface area contributed by atoms with Crippen molar-refractivity contribution >= 4 is 11.8 Å². The number of hydrogen-bond donors (Lipinski definition) is 1. The van der Waals surface area contributed by atoms with Crippen LogP contribution >= 0.6 is 0 Å². The predicted molar refractivity (Wildman–Crippen MR) is 87.7 cm³/mol. The molecule has 5 heteroatoms. The number of nitrogens with zero attached hydrogens (tertiary/aromatic N) is 2. The highest BCUT2D eigenvalue weighted by Crippen LogP contribution is 2.30. The van der Waals surface area contributed by atoms with E-state index in [9.17, 15) is 14.7 Å². The molecular weight excluding hydrogens is 292 g/mol. The van der Waals surface area contributed by atoms with Crippen molar-refractivity contribution in [2.45, 2.75) is 69.9 Å². The summed E-state index contributed by atoms with van der Waals surface area (Å²) in [7, 11) is 1.87. The Morgan fingerprint density at radius 3 is 2.48 bits per heavy atom. The number of aliphatic hydroxyl groups excluding tert-OH is 1. The van der Waals surface area contributed by atoms with E-state index < -0.39 is 0 Å². The van der Waals surface area contributed by atoms with Gasteiger partial charge in [-0.2, -0.15) is 0 Å². The third-order valence-electron chi connectivity index (χ3n) is 5.96. The monoisotopic (exact) mass is 322 g/mol. The van der Waals surface area contributed by atoms with Gasteiger partial charge in [0.1, 0.15) is 0 Å². The average Bonchev–Trinajstić information content (AvgIpc) is 3.16. The van der Waals surface area contributed by atoms with Gasteiger partial charge in [0.05, 0.1) is 6.10 Å². The predicted octanol–water partition coefficient (Wildman–Crippen LogP) is 1.79. The molecule has 23 heavy (non-hydrogen) atoms. The molecule has 3 aliphatic rings. The van der Waals surface area contributed by atoms with Gasteiger partial charge in [-0.1, -0.05) is 12.8 Å². The average molecular weight is 322 g/mol. The molecule has 3 fully saturated rings. The van der Waals surface area contributed by atoms with Crippen LogP contribution in [0.25, 0.3) is 0 Å². The van der Waals surface area contributed by atoms with E-state index in [-0.39, 0.29) is 29.8 Å². The maximum atomic E-state index is 12.6. The molecule has 2 saturated carbocycles. The summed E-state index contributed by atoms with van der Waals surface area (Å²) in [6, 6.07) is 0.452. The molecule has 2 amide bonds. The lowest BCUT2D eigenvalue weighted by molar-refractivity contribution is -0.136. The van der Waals surface area contributed by atoms with Crippen LogP contribution < -0.4 is 0 Å². The highest BCUT2D eigenvalue weighted by molar-refractivity contribution is 5.80. The van der Waals surface area contributed by atoms with Gasteiger partial charge < -0.3 is 14.9 Å². The molecule has 1 N–H and O–H groups in total. The summed E-state index contributed by atoms with van der Waals surface area (Å²) in [5.74, 6) is 0.824. The number of likely N-dealkylation sites (tertiary alicyclic amines) is 1. The quantitative estimate of drug-likeness (QED) is 0.858. The van der Waals surface area contributed by atoms with E-state index in [1.165, 1.54) is 12.8 Å². The summed E-state index contributed by atoms with van der Waals surface area (Å²) in [5.41, 5.74) is 0. The second-order valence-electron chi connectivity index (χ2n) is 7.78. The minimum absolute atomic E-state index is 0.0615. The van der Waals surface area contributed by atoms with Crippen molar-refractivity contribution in [2.24, 2.45) is 11.8 Å². The largest absolute Gasteiger partial charge is 0.393 e. The Balaban J connectivity index is 1.49. The first kappa shape index (κ1) is 16.7. The van der Waals surface area contributed by atoms with Crippen molar-refractivity contribution in [2.75, 3.05) is 20.1 Å². The molecule has 5 nitrogen and oxygen atoms in total. The third kappa shape index (κ3) is 3.87. The van der Waals surface area contributed by atoms with Crippen LogP contribution in [0.2, 0.25) is 0 Å². The fourth-order valence-corrected chi connectivity index (χ4v) is 4.61. The van der Waals surface area contributed by atoms with Crippen LogP contribution in [0.5, 0.6) is 0 Å². The molecule has 3 rings (SSSR count). The molecule has 2 aliphatic carbocycles. The lowest BCUT2D eigenvalue weighted by Gasteiger charge is -2.30. The molecule has 1 atom stereocenters. The van der Waals surface area contributed by atoms with Crippen molar-refractivity contribution in [1.82, 2.24) is 9.80 Å². The maximum absolute atomic E-state index is 12.6. The molecule has 0 radical (unpaired) electrons. The van der Waals surface area contributed by atoms with Crippen LogP contribution in [0.15, 0.2) is 0 Å². The molecule has 1 heterocycles. The first-order valence-corrected chi connectivity index (χ1v) is 9.27. The van der Waals surface area contributed by atoms with E-state index in [1.807, 2.05) is 11.9 Å². The van der Waals surface area contributed by atoms with Crippen molar-refractivity contribution in [3.63, 3.8) is 0 Å². The van der Waals surface area contributed by atoms with Gasteiger partial charge >= 0.3 is 0 Å². The van der Waals surface area contributed by atoms with Crippen molar-refractivity contribution in [1.29, 1.82) is 0 Å². The smallest absolute Gasteiger partial charge is 0.225 e. The third-order valence-corrected chi connectivity index (χ3v) is 5.96. The Hall–Kier alpha value is -1.10. The van der Waals surface area contributed by atoms with Crippen LogP contribution in [-0.2, 0) is 9.59 Å². The van der Waals surface area contributed by atoms with Gasteiger partial charge in [0.15, 0.2) is 0 Å². The Labute approximate surface area is 139 Å². The molecule has 0 bridgehead atoms. The number of carbonyl (C=O) groups excluding carboxylic acids is 2. The minimum Gasteiger partial charge on any atom is -0.393 e. The van der Waals surface area contributed by atoms with Crippen LogP contribution in [0.1, 0.15) is 57.8 Å². The van der Waals surface area contributed by atoms with Gasteiger partial charge in [-0.15, -0.1) is 0 Å². The Morgan fingerprint density at radius 1 is 1.17 bits per heavy atom. The van der Waals surface area contributed by atoms with E-state index in [0.717, 1.165) is 45.1 Å². The van der Waals surface area contributed by atoms with Gasteiger partial charge in [0.25, 0.3) is 0 Å². The fourth-order valence-electron chi connectivity index (χ4n) is 4.61. The van der Waals surface area contributed by atoms with E-state index >= 15 is 0 Å². The summed E-state index contributed by atoms with van der Waals surface area (Å²) in [6.45, 7) is 1.51. The zero-order valence-corrected chi connectivity index (χ0v) is 14.2. The van der Waals surface area contributed by atoms with E-state index in [2.05, 4.69) is 4.90 Å². The number of aliphatic hydroxyl groups is 1. The topological polar surface area (TPSA) is 60.9 Å². The van der Waals surface area contributed by atoms with E-state index in [0.29, 0.717) is 19.0 Å². The zero-order chi connectivity index (χ0) is 16.4. The van der Waals surface area contributed by atoms with Gasteiger partial charge in [-0.3, -0.25) is 9.59 Å². The molecule has 130 valence electrons. The Bertz CT molecular complexity index is 440.